The number of piperazine rings is 1. The van der Waals surface area contributed by atoms with Crippen molar-refractivity contribution in [1.29, 1.82) is 0 Å². The molecule has 0 radical (unpaired) electrons. The van der Waals surface area contributed by atoms with Gasteiger partial charge in [-0.1, -0.05) is 54.6 Å². The Bertz CT molecular complexity index is 1050. The lowest BCUT2D eigenvalue weighted by Crippen LogP contribution is -2.49. The van der Waals surface area contributed by atoms with Gasteiger partial charge in [0.2, 0.25) is 5.91 Å². The van der Waals surface area contributed by atoms with Crippen LogP contribution in [0.4, 0.5) is 5.69 Å². The number of ether oxygens (including phenoxy) is 1. The number of nitrogens with zero attached hydrogens (tertiary/aromatic N) is 2. The van der Waals surface area contributed by atoms with Crippen LogP contribution in [0.2, 0.25) is 0 Å². The highest BCUT2D eigenvalue weighted by Gasteiger charge is 2.21. The van der Waals surface area contributed by atoms with Crippen molar-refractivity contribution in [3.8, 4) is 5.75 Å². The predicted molar refractivity (Wildman–Crippen MR) is 129 cm³/mol. The van der Waals surface area contributed by atoms with Gasteiger partial charge in [-0.15, -0.1) is 0 Å². The maximum Gasteiger partial charge on any atom is 0.251 e. The van der Waals surface area contributed by atoms with Crippen LogP contribution in [0, 0.1) is 0 Å². The summed E-state index contributed by atoms with van der Waals surface area (Å²) in [6.07, 6.45) is 0.293. The van der Waals surface area contributed by atoms with Crippen molar-refractivity contribution >= 4 is 17.5 Å². The molecular weight excluding hydrogens is 414 g/mol. The Morgan fingerprint density at radius 1 is 0.818 bits per heavy atom. The number of carbonyl (C=O) groups excluding carboxylic acids is 2. The molecule has 0 bridgehead atoms. The SMILES string of the molecule is O=C(NCCC(=O)N1CCN(c2ccccc2)CC1)c1cccc(OCc2ccccc2)c1. The molecule has 1 saturated heterocycles. The summed E-state index contributed by atoms with van der Waals surface area (Å²) in [7, 11) is 0. The molecule has 2 amide bonds. The monoisotopic (exact) mass is 443 g/mol. The average Bonchev–Trinajstić information content (AvgIpc) is 2.89. The molecule has 3 aromatic carbocycles. The zero-order chi connectivity index (χ0) is 22.9. The number of para-hydroxylation sites is 1. The summed E-state index contributed by atoms with van der Waals surface area (Å²) in [5.74, 6) is 0.503. The minimum absolute atomic E-state index is 0.0722. The fraction of sp³-hybridized carbons (Fsp3) is 0.259. The van der Waals surface area contributed by atoms with E-state index in [1.807, 2.05) is 59.5 Å². The molecule has 1 aliphatic heterocycles. The molecule has 0 aromatic heterocycles. The van der Waals surface area contributed by atoms with Crippen molar-refractivity contribution in [3.63, 3.8) is 0 Å². The van der Waals surface area contributed by atoms with Crippen molar-refractivity contribution in [2.24, 2.45) is 0 Å². The standard InChI is InChI=1S/C27H29N3O3/c31-26(30-18-16-29(17-19-30)24-11-5-2-6-12-24)14-15-28-27(32)23-10-7-13-25(20-23)33-21-22-8-3-1-4-9-22/h1-13,20H,14-19,21H2,(H,28,32). The predicted octanol–water partition coefficient (Wildman–Crippen LogP) is 3.73. The number of amides is 2. The van der Waals surface area contributed by atoms with Gasteiger partial charge in [-0.25, -0.2) is 0 Å². The fourth-order valence-corrected chi connectivity index (χ4v) is 3.86. The Balaban J connectivity index is 1.20. The Hall–Kier alpha value is -3.80. The highest BCUT2D eigenvalue weighted by Crippen LogP contribution is 2.17. The van der Waals surface area contributed by atoms with Gasteiger partial charge < -0.3 is 19.9 Å². The molecule has 6 heteroatoms. The van der Waals surface area contributed by atoms with Crippen molar-refractivity contribution in [2.75, 3.05) is 37.6 Å². The smallest absolute Gasteiger partial charge is 0.251 e. The quantitative estimate of drug-likeness (QED) is 0.576. The second-order valence-corrected chi connectivity index (χ2v) is 8.01. The Kier molecular flexibility index (Phi) is 7.59. The summed E-state index contributed by atoms with van der Waals surface area (Å²) >= 11 is 0. The Morgan fingerprint density at radius 2 is 1.52 bits per heavy atom. The molecule has 1 aliphatic rings. The minimum Gasteiger partial charge on any atom is -0.489 e. The number of rotatable bonds is 8. The second-order valence-electron chi connectivity index (χ2n) is 8.01. The van der Waals surface area contributed by atoms with Gasteiger partial charge in [0.15, 0.2) is 0 Å². The molecular formula is C27H29N3O3. The molecule has 1 fully saturated rings. The molecule has 170 valence electrons. The third-order valence-corrected chi connectivity index (χ3v) is 5.72. The largest absolute Gasteiger partial charge is 0.489 e. The number of carbonyl (C=O) groups is 2. The lowest BCUT2D eigenvalue weighted by Gasteiger charge is -2.36. The molecule has 33 heavy (non-hydrogen) atoms. The van der Waals surface area contributed by atoms with Crippen molar-refractivity contribution in [2.45, 2.75) is 13.0 Å². The van der Waals surface area contributed by atoms with E-state index in [-0.39, 0.29) is 11.8 Å². The van der Waals surface area contributed by atoms with E-state index in [2.05, 4.69) is 22.3 Å². The van der Waals surface area contributed by atoms with E-state index < -0.39 is 0 Å². The molecule has 6 nitrogen and oxygen atoms in total. The van der Waals surface area contributed by atoms with E-state index in [0.717, 1.165) is 18.7 Å². The maximum absolute atomic E-state index is 12.6. The molecule has 0 spiro atoms. The van der Waals surface area contributed by atoms with Crippen LogP contribution < -0.4 is 15.0 Å². The van der Waals surface area contributed by atoms with E-state index in [1.54, 1.807) is 18.2 Å². The first-order valence-corrected chi connectivity index (χ1v) is 11.3. The van der Waals surface area contributed by atoms with Crippen LogP contribution in [-0.4, -0.2) is 49.4 Å². The van der Waals surface area contributed by atoms with Crippen LogP contribution in [0.15, 0.2) is 84.9 Å². The highest BCUT2D eigenvalue weighted by atomic mass is 16.5. The van der Waals surface area contributed by atoms with Crippen LogP contribution in [0.5, 0.6) is 5.75 Å². The van der Waals surface area contributed by atoms with Crippen LogP contribution in [-0.2, 0) is 11.4 Å². The van der Waals surface area contributed by atoms with Gasteiger partial charge in [-0.3, -0.25) is 9.59 Å². The van der Waals surface area contributed by atoms with Gasteiger partial charge >= 0.3 is 0 Å². The summed E-state index contributed by atoms with van der Waals surface area (Å²) in [5, 5.41) is 2.85. The first-order chi connectivity index (χ1) is 16.2. The zero-order valence-corrected chi connectivity index (χ0v) is 18.7. The van der Waals surface area contributed by atoms with Crippen molar-refractivity contribution in [3.05, 3.63) is 96.1 Å². The second kappa shape index (κ2) is 11.2. The third-order valence-electron chi connectivity index (χ3n) is 5.72. The lowest BCUT2D eigenvalue weighted by atomic mass is 10.2. The topological polar surface area (TPSA) is 61.9 Å². The number of hydrogen-bond donors (Lipinski definition) is 1. The van der Waals surface area contributed by atoms with Gasteiger partial charge in [-0.05, 0) is 35.9 Å². The Labute approximate surface area is 194 Å². The van der Waals surface area contributed by atoms with E-state index in [4.69, 9.17) is 4.74 Å². The van der Waals surface area contributed by atoms with E-state index >= 15 is 0 Å². The third kappa shape index (κ3) is 6.35. The van der Waals surface area contributed by atoms with Crippen molar-refractivity contribution in [1.82, 2.24) is 10.2 Å². The Morgan fingerprint density at radius 3 is 2.24 bits per heavy atom. The van der Waals surface area contributed by atoms with E-state index in [1.165, 1.54) is 5.69 Å². The van der Waals surface area contributed by atoms with E-state index in [9.17, 15) is 9.59 Å². The molecule has 0 saturated carbocycles. The molecule has 0 unspecified atom stereocenters. The van der Waals surface area contributed by atoms with Crippen LogP contribution in [0.25, 0.3) is 0 Å². The minimum atomic E-state index is -0.207. The molecule has 1 N–H and O–H groups in total. The summed E-state index contributed by atoms with van der Waals surface area (Å²) < 4.78 is 5.80. The zero-order valence-electron chi connectivity index (χ0n) is 18.7. The van der Waals surface area contributed by atoms with Crippen LogP contribution >= 0.6 is 0 Å². The summed E-state index contributed by atoms with van der Waals surface area (Å²) in [6, 6.07) is 27.2. The van der Waals surface area contributed by atoms with Gasteiger partial charge in [-0.2, -0.15) is 0 Å². The normalized spacial score (nSPS) is 13.5. The maximum atomic E-state index is 12.6. The summed E-state index contributed by atoms with van der Waals surface area (Å²) in [5.41, 5.74) is 2.77. The van der Waals surface area contributed by atoms with E-state index in [0.29, 0.717) is 44.0 Å². The van der Waals surface area contributed by atoms with Gasteiger partial charge in [0.25, 0.3) is 5.91 Å². The van der Waals surface area contributed by atoms with Crippen molar-refractivity contribution < 1.29 is 14.3 Å². The van der Waals surface area contributed by atoms with Gasteiger partial charge in [0.1, 0.15) is 12.4 Å². The first-order valence-electron chi connectivity index (χ1n) is 11.3. The van der Waals surface area contributed by atoms with Crippen LogP contribution in [0.1, 0.15) is 22.3 Å². The highest BCUT2D eigenvalue weighted by molar-refractivity contribution is 5.94. The molecule has 1 heterocycles. The number of nitrogens with one attached hydrogen (secondary N) is 1. The van der Waals surface area contributed by atoms with Gasteiger partial charge in [0, 0.05) is 50.4 Å². The molecule has 0 atom stereocenters. The molecule has 4 rings (SSSR count). The van der Waals surface area contributed by atoms with Crippen LogP contribution in [0.3, 0.4) is 0 Å². The summed E-state index contributed by atoms with van der Waals surface area (Å²) in [6.45, 7) is 3.78. The van der Waals surface area contributed by atoms with Gasteiger partial charge in [0.05, 0.1) is 0 Å². The molecule has 3 aromatic rings. The number of benzene rings is 3. The molecule has 0 aliphatic carbocycles. The first kappa shape index (κ1) is 22.4. The average molecular weight is 444 g/mol. The lowest BCUT2D eigenvalue weighted by molar-refractivity contribution is -0.131. The summed E-state index contributed by atoms with van der Waals surface area (Å²) in [4.78, 5) is 29.3. The fourth-order valence-electron chi connectivity index (χ4n) is 3.86. The number of hydrogen-bond acceptors (Lipinski definition) is 4. The number of anilines is 1.